The molecule has 2 fully saturated rings. The maximum Gasteiger partial charge on any atom is 0.156 e. The number of rotatable bonds is 2. The lowest BCUT2D eigenvalue weighted by Gasteiger charge is -2.37. The van der Waals surface area contributed by atoms with Crippen LogP contribution in [0.4, 0.5) is 0 Å². The van der Waals surface area contributed by atoms with Crippen LogP contribution in [0.25, 0.3) is 0 Å². The summed E-state index contributed by atoms with van der Waals surface area (Å²) in [4.78, 5) is 0. The largest absolute Gasteiger partial charge is 0.496 e. The van der Waals surface area contributed by atoms with E-state index in [9.17, 15) is 13.5 Å². The first kappa shape index (κ1) is 14.4. The third kappa shape index (κ3) is 2.12. The molecule has 2 saturated heterocycles. The maximum absolute atomic E-state index is 12.2. The SMILES string of the molecule is COc1ccc(C#N)cc1C1(O)CC2CCC(C1)S2(=O)=O. The monoisotopic (exact) mass is 307 g/mol. The minimum Gasteiger partial charge on any atom is -0.496 e. The van der Waals surface area contributed by atoms with Gasteiger partial charge in [-0.2, -0.15) is 5.26 Å². The topological polar surface area (TPSA) is 87.4 Å². The molecular formula is C15H17NO4S. The Morgan fingerprint density at radius 3 is 2.48 bits per heavy atom. The third-order valence-corrected chi connectivity index (χ3v) is 7.36. The van der Waals surface area contributed by atoms with E-state index in [1.807, 2.05) is 6.07 Å². The summed E-state index contributed by atoms with van der Waals surface area (Å²) in [5.41, 5.74) is -0.286. The van der Waals surface area contributed by atoms with Gasteiger partial charge in [-0.15, -0.1) is 0 Å². The Kier molecular flexibility index (Phi) is 3.23. The molecule has 1 N–H and O–H groups in total. The predicted molar refractivity (Wildman–Crippen MR) is 76.6 cm³/mol. The number of ether oxygens (including phenoxy) is 1. The number of hydrogen-bond donors (Lipinski definition) is 1. The van der Waals surface area contributed by atoms with E-state index in [0.29, 0.717) is 29.7 Å². The summed E-state index contributed by atoms with van der Waals surface area (Å²) < 4.78 is 29.6. The first-order valence-electron chi connectivity index (χ1n) is 6.94. The first-order chi connectivity index (χ1) is 9.90. The van der Waals surface area contributed by atoms with Gasteiger partial charge in [0.05, 0.1) is 34.8 Å². The molecule has 0 aromatic heterocycles. The highest BCUT2D eigenvalue weighted by Gasteiger charge is 2.53. The Bertz CT molecular complexity index is 700. The van der Waals surface area contributed by atoms with E-state index in [1.54, 1.807) is 18.2 Å². The van der Waals surface area contributed by atoms with Gasteiger partial charge >= 0.3 is 0 Å². The fourth-order valence-corrected chi connectivity index (χ4v) is 6.10. The first-order valence-corrected chi connectivity index (χ1v) is 8.55. The molecule has 3 rings (SSSR count). The molecule has 5 nitrogen and oxygen atoms in total. The zero-order valence-corrected chi connectivity index (χ0v) is 12.6. The molecule has 1 aromatic rings. The number of fused-ring (bicyclic) bond motifs is 2. The van der Waals surface area contributed by atoms with Crippen LogP contribution in [0.2, 0.25) is 0 Å². The van der Waals surface area contributed by atoms with Gasteiger partial charge in [-0.1, -0.05) is 0 Å². The molecule has 2 aliphatic rings. The van der Waals surface area contributed by atoms with Crippen LogP contribution in [0.15, 0.2) is 18.2 Å². The van der Waals surface area contributed by atoms with E-state index >= 15 is 0 Å². The quantitative estimate of drug-likeness (QED) is 0.894. The zero-order chi connectivity index (χ0) is 15.3. The lowest BCUT2D eigenvalue weighted by molar-refractivity contribution is 0.0151. The van der Waals surface area contributed by atoms with Gasteiger partial charge in [-0.05, 0) is 43.9 Å². The van der Waals surface area contributed by atoms with Crippen LogP contribution >= 0.6 is 0 Å². The van der Waals surface area contributed by atoms with Crippen molar-refractivity contribution in [1.82, 2.24) is 0 Å². The molecule has 0 radical (unpaired) electrons. The lowest BCUT2D eigenvalue weighted by Crippen LogP contribution is -2.43. The smallest absolute Gasteiger partial charge is 0.156 e. The van der Waals surface area contributed by atoms with Crippen LogP contribution in [-0.2, 0) is 15.4 Å². The van der Waals surface area contributed by atoms with E-state index in [0.717, 1.165) is 0 Å². The van der Waals surface area contributed by atoms with Gasteiger partial charge in [-0.3, -0.25) is 0 Å². The Labute approximate surface area is 124 Å². The molecule has 2 heterocycles. The van der Waals surface area contributed by atoms with Crippen molar-refractivity contribution in [3.8, 4) is 11.8 Å². The molecule has 6 heteroatoms. The number of nitrogens with zero attached hydrogens (tertiary/aromatic N) is 1. The van der Waals surface area contributed by atoms with Gasteiger partial charge in [0.15, 0.2) is 9.84 Å². The summed E-state index contributed by atoms with van der Waals surface area (Å²) in [6, 6.07) is 6.93. The Balaban J connectivity index is 2.07. The fraction of sp³-hybridized carbons (Fsp3) is 0.533. The molecule has 112 valence electrons. The van der Waals surface area contributed by atoms with Crippen LogP contribution < -0.4 is 4.74 Å². The van der Waals surface area contributed by atoms with Crippen molar-refractivity contribution >= 4 is 9.84 Å². The Hall–Kier alpha value is -1.58. The number of aliphatic hydroxyl groups is 1. The molecule has 2 unspecified atom stereocenters. The van der Waals surface area contributed by atoms with E-state index in [-0.39, 0.29) is 12.8 Å². The second kappa shape index (κ2) is 4.72. The minimum absolute atomic E-state index is 0.178. The summed E-state index contributed by atoms with van der Waals surface area (Å²) in [5.74, 6) is 0.496. The molecule has 2 aliphatic heterocycles. The highest BCUT2D eigenvalue weighted by Crippen LogP contribution is 2.49. The Morgan fingerprint density at radius 2 is 1.95 bits per heavy atom. The van der Waals surface area contributed by atoms with Gasteiger partial charge < -0.3 is 9.84 Å². The van der Waals surface area contributed by atoms with Crippen LogP contribution in [0.1, 0.15) is 36.8 Å². The van der Waals surface area contributed by atoms with E-state index in [4.69, 9.17) is 10.00 Å². The van der Waals surface area contributed by atoms with Gasteiger partial charge in [0, 0.05) is 5.56 Å². The van der Waals surface area contributed by atoms with E-state index in [2.05, 4.69) is 0 Å². The predicted octanol–water partition coefficient (Wildman–Crippen LogP) is 1.49. The minimum atomic E-state index is -3.11. The summed E-state index contributed by atoms with van der Waals surface area (Å²) in [6.45, 7) is 0. The van der Waals surface area contributed by atoms with Crippen molar-refractivity contribution in [1.29, 1.82) is 5.26 Å². The van der Waals surface area contributed by atoms with Crippen molar-refractivity contribution < 1.29 is 18.3 Å². The van der Waals surface area contributed by atoms with Crippen molar-refractivity contribution in [3.63, 3.8) is 0 Å². The molecule has 2 bridgehead atoms. The van der Waals surface area contributed by atoms with Gasteiger partial charge in [0.25, 0.3) is 0 Å². The highest BCUT2D eigenvalue weighted by molar-refractivity contribution is 7.93. The zero-order valence-electron chi connectivity index (χ0n) is 11.7. The molecule has 1 aromatic carbocycles. The van der Waals surface area contributed by atoms with Crippen molar-refractivity contribution in [2.75, 3.05) is 7.11 Å². The summed E-state index contributed by atoms with van der Waals surface area (Å²) in [6.07, 6.45) is 1.57. The molecular weight excluding hydrogens is 290 g/mol. The Morgan fingerprint density at radius 1 is 1.33 bits per heavy atom. The second-order valence-electron chi connectivity index (χ2n) is 5.88. The van der Waals surface area contributed by atoms with Crippen molar-refractivity contribution in [2.24, 2.45) is 0 Å². The van der Waals surface area contributed by atoms with Gasteiger partial charge in [0.2, 0.25) is 0 Å². The molecule has 2 atom stereocenters. The third-order valence-electron chi connectivity index (χ3n) is 4.70. The maximum atomic E-state index is 12.2. The van der Waals surface area contributed by atoms with Crippen LogP contribution in [0.3, 0.4) is 0 Å². The molecule has 0 saturated carbocycles. The summed E-state index contributed by atoms with van der Waals surface area (Å²) in [7, 11) is -1.61. The number of methoxy groups -OCH3 is 1. The number of hydrogen-bond acceptors (Lipinski definition) is 5. The number of benzene rings is 1. The van der Waals surface area contributed by atoms with E-state index < -0.39 is 25.9 Å². The van der Waals surface area contributed by atoms with Crippen molar-refractivity contribution in [3.05, 3.63) is 29.3 Å². The summed E-state index contributed by atoms with van der Waals surface area (Å²) in [5, 5.41) is 19.1. The number of sulfone groups is 1. The lowest BCUT2D eigenvalue weighted by atomic mass is 9.84. The van der Waals surface area contributed by atoms with Gasteiger partial charge in [0.1, 0.15) is 5.75 Å². The standard InChI is InChI=1S/C15H17NO4S/c1-20-14-5-2-10(9-16)6-13(14)15(17)7-11-3-4-12(8-15)21(11,18)19/h2,5-6,11-12,17H,3-4,7-8H2,1H3. The van der Waals surface area contributed by atoms with E-state index in [1.165, 1.54) is 7.11 Å². The average Bonchev–Trinajstić information content (AvgIpc) is 2.66. The van der Waals surface area contributed by atoms with Crippen molar-refractivity contribution in [2.45, 2.75) is 41.8 Å². The molecule has 0 aliphatic carbocycles. The van der Waals surface area contributed by atoms with Gasteiger partial charge in [-0.25, -0.2) is 8.42 Å². The van der Waals surface area contributed by atoms with Crippen LogP contribution in [0.5, 0.6) is 5.75 Å². The fourth-order valence-electron chi connectivity index (χ4n) is 3.61. The molecule has 0 spiro atoms. The van der Waals surface area contributed by atoms with Crippen LogP contribution in [0, 0.1) is 11.3 Å². The highest BCUT2D eigenvalue weighted by atomic mass is 32.2. The molecule has 0 amide bonds. The average molecular weight is 307 g/mol. The number of nitriles is 1. The molecule has 21 heavy (non-hydrogen) atoms. The normalized spacial score (nSPS) is 33.4. The van der Waals surface area contributed by atoms with Crippen LogP contribution in [-0.4, -0.2) is 31.1 Å². The summed E-state index contributed by atoms with van der Waals surface area (Å²) >= 11 is 0. The second-order valence-corrected chi connectivity index (χ2v) is 8.39.